The van der Waals surface area contributed by atoms with Gasteiger partial charge < -0.3 is 18.9 Å². The topological polar surface area (TPSA) is 74.8 Å². The van der Waals surface area contributed by atoms with Crippen molar-refractivity contribution in [3.63, 3.8) is 0 Å². The highest BCUT2D eigenvalue weighted by atomic mass is 19.1. The molecule has 0 fully saturated rings. The first-order chi connectivity index (χ1) is 20.6. The molecule has 2 aliphatic rings. The molecule has 7 rings (SSSR count). The highest BCUT2D eigenvalue weighted by Gasteiger charge is 2.28. The average molecular weight is 569 g/mol. The zero-order chi connectivity index (χ0) is 28.5. The first-order valence-corrected chi connectivity index (χ1v) is 14.0. The third-order valence-electron chi connectivity index (χ3n) is 7.86. The normalized spacial score (nSPS) is 13.3. The average Bonchev–Trinajstić information content (AvgIpc) is 3.70. The number of methoxy groups -OCH3 is 1. The van der Waals surface area contributed by atoms with Gasteiger partial charge in [0.15, 0.2) is 35.7 Å². The Labute approximate surface area is 242 Å². The zero-order valence-electron chi connectivity index (χ0n) is 23.3. The molecule has 214 valence electrons. The Balaban J connectivity index is 1.14. The number of benzene rings is 3. The van der Waals surface area contributed by atoms with Crippen LogP contribution >= 0.6 is 0 Å². The summed E-state index contributed by atoms with van der Waals surface area (Å²) in [6.45, 7) is 4.12. The summed E-state index contributed by atoms with van der Waals surface area (Å²) in [6, 6.07) is 17.1. The quantitative estimate of drug-likeness (QED) is 0.231. The van der Waals surface area contributed by atoms with Crippen LogP contribution in [-0.4, -0.2) is 53.3 Å². The van der Waals surface area contributed by atoms with Crippen molar-refractivity contribution >= 4 is 10.8 Å². The number of hydrogen-bond acceptors (Lipinski definition) is 7. The molecule has 0 atom stereocenters. The molecular weight excluding hydrogens is 537 g/mol. The van der Waals surface area contributed by atoms with E-state index < -0.39 is 0 Å². The lowest BCUT2D eigenvalue weighted by Crippen LogP contribution is -2.40. The molecule has 0 saturated carbocycles. The monoisotopic (exact) mass is 568 g/mol. The first-order valence-electron chi connectivity index (χ1n) is 14.0. The minimum atomic E-state index is -0.242. The molecule has 0 bridgehead atoms. The predicted octanol–water partition coefficient (Wildman–Crippen LogP) is 4.40. The number of pyridine rings is 1. The van der Waals surface area contributed by atoms with Gasteiger partial charge >= 0.3 is 0 Å². The molecule has 2 aromatic heterocycles. The van der Waals surface area contributed by atoms with Crippen molar-refractivity contribution in [2.45, 2.75) is 26.1 Å². The minimum absolute atomic E-state index is 0.242. The van der Waals surface area contributed by atoms with E-state index in [0.29, 0.717) is 44.3 Å². The van der Waals surface area contributed by atoms with Gasteiger partial charge in [0.05, 0.1) is 24.6 Å². The summed E-state index contributed by atoms with van der Waals surface area (Å²) in [5.41, 5.74) is 4.45. The minimum Gasteiger partial charge on any atom is -0.493 e. The van der Waals surface area contributed by atoms with E-state index in [0.717, 1.165) is 52.1 Å². The predicted molar refractivity (Wildman–Crippen MR) is 153 cm³/mol. The zero-order valence-corrected chi connectivity index (χ0v) is 23.3. The van der Waals surface area contributed by atoms with Crippen molar-refractivity contribution in [3.8, 4) is 34.3 Å². The van der Waals surface area contributed by atoms with Crippen LogP contribution in [0.2, 0.25) is 0 Å². The fourth-order valence-electron chi connectivity index (χ4n) is 5.74. The second kappa shape index (κ2) is 11.3. The highest BCUT2D eigenvalue weighted by molar-refractivity contribution is 5.91. The van der Waals surface area contributed by atoms with Crippen LogP contribution < -0.4 is 23.5 Å². The molecule has 0 amide bonds. The van der Waals surface area contributed by atoms with Gasteiger partial charge in [-0.05, 0) is 52.9 Å². The van der Waals surface area contributed by atoms with E-state index >= 15 is 0 Å². The number of nitrogens with zero attached hydrogens (tertiary/aromatic N) is 5. The van der Waals surface area contributed by atoms with Gasteiger partial charge in [-0.3, -0.25) is 9.58 Å². The van der Waals surface area contributed by atoms with Gasteiger partial charge in [0.2, 0.25) is 12.5 Å². The molecule has 3 aromatic carbocycles. The lowest BCUT2D eigenvalue weighted by Gasteiger charge is -2.23. The maximum atomic E-state index is 13.9. The fourth-order valence-corrected chi connectivity index (χ4v) is 5.74. The molecule has 10 heteroatoms. The number of fused-ring (bicyclic) bond motifs is 5. The lowest BCUT2D eigenvalue weighted by molar-refractivity contribution is -0.686. The van der Waals surface area contributed by atoms with E-state index in [1.54, 1.807) is 30.3 Å². The standard InChI is InChI=1S/C32H31FN5O4/c1-39-29-6-5-23-14-28-26-16-31-30(41-21-42-31)15-24(26)7-8-37(28)18-27(23)32(29)40-12-11-36(9-10-38-20-34-19-35-38)17-22-3-2-4-25(33)13-22/h2-6,13-16,18-20H,7-12,17,21H2,1H3/q+1. The van der Waals surface area contributed by atoms with Gasteiger partial charge in [0.25, 0.3) is 0 Å². The second-order valence-corrected chi connectivity index (χ2v) is 10.5. The van der Waals surface area contributed by atoms with Crippen molar-refractivity contribution < 1.29 is 27.9 Å². The summed E-state index contributed by atoms with van der Waals surface area (Å²) < 4.78 is 41.4. The van der Waals surface area contributed by atoms with Gasteiger partial charge in [0.1, 0.15) is 25.1 Å². The number of ether oxygens (including phenoxy) is 4. The van der Waals surface area contributed by atoms with Crippen LogP contribution in [0, 0.1) is 5.82 Å². The molecule has 9 nitrogen and oxygen atoms in total. The van der Waals surface area contributed by atoms with Gasteiger partial charge in [-0.2, -0.15) is 9.67 Å². The fraction of sp³-hybridized carbons (Fsp3) is 0.281. The van der Waals surface area contributed by atoms with Gasteiger partial charge in [-0.25, -0.2) is 9.37 Å². The number of halogens is 1. The smallest absolute Gasteiger partial charge is 0.231 e. The number of hydrogen-bond donors (Lipinski definition) is 0. The van der Waals surface area contributed by atoms with Crippen LogP contribution in [0.4, 0.5) is 4.39 Å². The van der Waals surface area contributed by atoms with E-state index in [2.05, 4.69) is 50.0 Å². The van der Waals surface area contributed by atoms with Crippen LogP contribution in [0.1, 0.15) is 11.1 Å². The summed E-state index contributed by atoms with van der Waals surface area (Å²) in [6.07, 6.45) is 6.28. The van der Waals surface area contributed by atoms with E-state index in [1.165, 1.54) is 18.0 Å². The molecule has 5 aromatic rings. The lowest BCUT2D eigenvalue weighted by atomic mass is 9.95. The largest absolute Gasteiger partial charge is 0.493 e. The van der Waals surface area contributed by atoms with Crippen molar-refractivity contribution in [1.29, 1.82) is 0 Å². The Morgan fingerprint density at radius 3 is 2.81 bits per heavy atom. The van der Waals surface area contributed by atoms with Crippen molar-refractivity contribution in [2.75, 3.05) is 33.6 Å². The molecule has 0 N–H and O–H groups in total. The van der Waals surface area contributed by atoms with E-state index in [4.69, 9.17) is 18.9 Å². The Morgan fingerprint density at radius 1 is 1.07 bits per heavy atom. The van der Waals surface area contributed by atoms with Crippen LogP contribution in [0.5, 0.6) is 23.0 Å². The number of aryl methyl sites for hydroxylation is 2. The molecule has 42 heavy (non-hydrogen) atoms. The van der Waals surface area contributed by atoms with Crippen LogP contribution in [0.25, 0.3) is 22.0 Å². The Morgan fingerprint density at radius 2 is 1.98 bits per heavy atom. The summed E-state index contributed by atoms with van der Waals surface area (Å²) in [5.74, 6) is 2.75. The molecule has 2 aliphatic heterocycles. The van der Waals surface area contributed by atoms with E-state index in [1.807, 2.05) is 12.1 Å². The SMILES string of the molecule is COc1ccc2cc3[n+](cc2c1OCCN(CCn1cncn1)Cc1cccc(F)c1)CCc1cc2c(cc1-3)OCO2. The summed E-state index contributed by atoms with van der Waals surface area (Å²) in [7, 11) is 1.66. The van der Waals surface area contributed by atoms with Gasteiger partial charge in [0, 0.05) is 32.1 Å². The van der Waals surface area contributed by atoms with Crippen LogP contribution in [0.3, 0.4) is 0 Å². The van der Waals surface area contributed by atoms with Crippen molar-refractivity contribution in [2.24, 2.45) is 0 Å². The summed E-state index contributed by atoms with van der Waals surface area (Å²) >= 11 is 0. The molecule has 0 saturated heterocycles. The van der Waals surface area contributed by atoms with Crippen LogP contribution in [-0.2, 0) is 26.1 Å². The number of rotatable bonds is 10. The Kier molecular flexibility index (Phi) is 7.05. The van der Waals surface area contributed by atoms with E-state index in [-0.39, 0.29) is 12.6 Å². The molecule has 0 aliphatic carbocycles. The summed E-state index contributed by atoms with van der Waals surface area (Å²) in [4.78, 5) is 6.26. The van der Waals surface area contributed by atoms with Gasteiger partial charge in [-0.15, -0.1) is 0 Å². The highest BCUT2D eigenvalue weighted by Crippen LogP contribution is 2.41. The maximum Gasteiger partial charge on any atom is 0.231 e. The van der Waals surface area contributed by atoms with Crippen LogP contribution in [0.15, 0.2) is 73.4 Å². The summed E-state index contributed by atoms with van der Waals surface area (Å²) in [5, 5.41) is 6.26. The molecule has 0 spiro atoms. The Bertz CT molecular complexity index is 1740. The Hall–Kier alpha value is -4.70. The molecule has 4 heterocycles. The molecule has 0 unspecified atom stereocenters. The third kappa shape index (κ3) is 5.21. The molecule has 0 radical (unpaired) electrons. The van der Waals surface area contributed by atoms with Crippen molar-refractivity contribution in [3.05, 3.63) is 90.4 Å². The van der Waals surface area contributed by atoms with E-state index in [9.17, 15) is 4.39 Å². The second-order valence-electron chi connectivity index (χ2n) is 10.5. The molecular formula is C32H31FN5O4+. The first kappa shape index (κ1) is 26.2. The van der Waals surface area contributed by atoms with Crippen molar-refractivity contribution in [1.82, 2.24) is 19.7 Å². The van der Waals surface area contributed by atoms with Gasteiger partial charge in [-0.1, -0.05) is 12.1 Å². The maximum absolute atomic E-state index is 13.9. The third-order valence-corrected chi connectivity index (χ3v) is 7.86. The number of aromatic nitrogens is 4.